The van der Waals surface area contributed by atoms with E-state index in [9.17, 15) is 4.79 Å². The first kappa shape index (κ1) is 21.0. The van der Waals surface area contributed by atoms with E-state index in [1.807, 2.05) is 42.2 Å². The molecule has 2 amide bonds. The number of anilines is 2. The summed E-state index contributed by atoms with van der Waals surface area (Å²) in [6.45, 7) is 4.95. The number of nitrogens with zero attached hydrogens (tertiary/aromatic N) is 4. The summed E-state index contributed by atoms with van der Waals surface area (Å²) < 4.78 is 6.48. The molecule has 7 nitrogen and oxygen atoms in total. The van der Waals surface area contributed by atoms with Gasteiger partial charge < -0.3 is 19.6 Å². The summed E-state index contributed by atoms with van der Waals surface area (Å²) in [6, 6.07) is 14.0. The van der Waals surface area contributed by atoms with E-state index in [0.717, 1.165) is 58.8 Å². The number of carbonyl (C=O) groups excluding carboxylic acids is 1. The molecule has 0 bridgehead atoms. The third-order valence-electron chi connectivity index (χ3n) is 6.36. The van der Waals surface area contributed by atoms with Crippen LogP contribution in [0, 0.1) is 6.92 Å². The number of amides is 2. The van der Waals surface area contributed by atoms with Crippen molar-refractivity contribution in [3.8, 4) is 11.4 Å². The van der Waals surface area contributed by atoms with Crippen LogP contribution in [0.5, 0.6) is 0 Å². The lowest BCUT2D eigenvalue weighted by Gasteiger charge is -2.36. The molecule has 0 spiro atoms. The normalized spacial score (nSPS) is 16.7. The second-order valence-corrected chi connectivity index (χ2v) is 9.35. The number of aryl methyl sites for hydroxylation is 1. The van der Waals surface area contributed by atoms with Gasteiger partial charge in [-0.05, 0) is 67.8 Å². The number of carbonyl (C=O) groups is 1. The van der Waals surface area contributed by atoms with Gasteiger partial charge in [-0.2, -0.15) is 4.98 Å². The van der Waals surface area contributed by atoms with E-state index < -0.39 is 0 Å². The van der Waals surface area contributed by atoms with Crippen molar-refractivity contribution in [2.45, 2.75) is 32.1 Å². The molecule has 2 aromatic carbocycles. The average Bonchev–Trinajstić information content (AvgIpc) is 3.25. The molecule has 2 fully saturated rings. The molecule has 1 N–H and O–H groups in total. The maximum atomic E-state index is 12.6. The molecule has 0 atom stereocenters. The first-order valence-electron chi connectivity index (χ1n) is 11.1. The maximum absolute atomic E-state index is 12.6. The molecule has 1 aliphatic carbocycles. The highest BCUT2D eigenvalue weighted by Crippen LogP contribution is 2.36. The Morgan fingerprint density at radius 1 is 1.09 bits per heavy atom. The molecular formula is C24H26BrN5O2. The van der Waals surface area contributed by atoms with Crippen molar-refractivity contribution >= 4 is 33.3 Å². The van der Waals surface area contributed by atoms with Crippen molar-refractivity contribution in [3.63, 3.8) is 0 Å². The fraction of sp³-hybridized carbons (Fsp3) is 0.375. The smallest absolute Gasteiger partial charge is 0.321 e. The SMILES string of the molecule is Cc1cc(NC(=O)N2CCN(c3ccc(-c4noc(C5CCC5)n4)cc3)CC2)ccc1Br. The minimum Gasteiger partial charge on any atom is -0.368 e. The highest BCUT2D eigenvalue weighted by Gasteiger charge is 2.26. The van der Waals surface area contributed by atoms with Gasteiger partial charge in [0.2, 0.25) is 11.7 Å². The van der Waals surface area contributed by atoms with Crippen LogP contribution in [-0.4, -0.2) is 47.3 Å². The Hall–Kier alpha value is -2.87. The third-order valence-corrected chi connectivity index (χ3v) is 7.25. The van der Waals surface area contributed by atoms with E-state index in [2.05, 4.69) is 48.4 Å². The quantitative estimate of drug-likeness (QED) is 0.522. The van der Waals surface area contributed by atoms with Crippen LogP contribution in [-0.2, 0) is 0 Å². The van der Waals surface area contributed by atoms with E-state index in [1.165, 1.54) is 6.42 Å². The summed E-state index contributed by atoms with van der Waals surface area (Å²) in [6.07, 6.45) is 3.54. The molecule has 3 aromatic rings. The van der Waals surface area contributed by atoms with Crippen molar-refractivity contribution in [2.75, 3.05) is 36.4 Å². The number of nitrogens with one attached hydrogen (secondary N) is 1. The van der Waals surface area contributed by atoms with Crippen LogP contribution in [0.2, 0.25) is 0 Å². The minimum absolute atomic E-state index is 0.0545. The number of piperazine rings is 1. The van der Waals surface area contributed by atoms with Crippen LogP contribution in [0.25, 0.3) is 11.4 Å². The number of benzene rings is 2. The zero-order valence-corrected chi connectivity index (χ0v) is 19.6. The molecule has 0 unspecified atom stereocenters. The Morgan fingerprint density at radius 2 is 1.84 bits per heavy atom. The number of halogens is 1. The summed E-state index contributed by atoms with van der Waals surface area (Å²) in [7, 11) is 0. The fourth-order valence-electron chi connectivity index (χ4n) is 4.09. The Balaban J connectivity index is 1.16. The molecule has 166 valence electrons. The Kier molecular flexibility index (Phi) is 5.87. The number of urea groups is 1. The van der Waals surface area contributed by atoms with Crippen LogP contribution >= 0.6 is 15.9 Å². The van der Waals surface area contributed by atoms with Gasteiger partial charge in [-0.25, -0.2) is 4.79 Å². The Morgan fingerprint density at radius 3 is 2.50 bits per heavy atom. The molecule has 1 aromatic heterocycles. The lowest BCUT2D eigenvalue weighted by atomic mass is 9.85. The predicted octanol–water partition coefficient (Wildman–Crippen LogP) is 5.43. The molecular weight excluding hydrogens is 470 g/mol. The number of hydrogen-bond acceptors (Lipinski definition) is 5. The van der Waals surface area contributed by atoms with Crippen molar-refractivity contribution in [1.29, 1.82) is 0 Å². The molecule has 5 rings (SSSR count). The topological polar surface area (TPSA) is 74.5 Å². The third kappa shape index (κ3) is 4.37. The van der Waals surface area contributed by atoms with Crippen LogP contribution in [0.3, 0.4) is 0 Å². The van der Waals surface area contributed by atoms with Crippen LogP contribution in [0.15, 0.2) is 51.5 Å². The number of aromatic nitrogens is 2. The predicted molar refractivity (Wildman–Crippen MR) is 128 cm³/mol. The van der Waals surface area contributed by atoms with Gasteiger partial charge in [-0.1, -0.05) is 27.5 Å². The van der Waals surface area contributed by atoms with Gasteiger partial charge in [0.15, 0.2) is 0 Å². The summed E-state index contributed by atoms with van der Waals surface area (Å²) in [4.78, 5) is 21.4. The van der Waals surface area contributed by atoms with Gasteiger partial charge in [-0.15, -0.1) is 0 Å². The Bertz CT molecular complexity index is 1100. The van der Waals surface area contributed by atoms with Crippen LogP contribution in [0.1, 0.15) is 36.6 Å². The molecule has 2 aliphatic rings. The second kappa shape index (κ2) is 8.94. The molecule has 32 heavy (non-hydrogen) atoms. The molecule has 1 saturated heterocycles. The Labute approximate surface area is 195 Å². The van der Waals surface area contributed by atoms with Crippen LogP contribution < -0.4 is 10.2 Å². The van der Waals surface area contributed by atoms with Crippen LogP contribution in [0.4, 0.5) is 16.2 Å². The summed E-state index contributed by atoms with van der Waals surface area (Å²) in [5.41, 5.74) is 4.01. The summed E-state index contributed by atoms with van der Waals surface area (Å²) in [5.74, 6) is 1.86. The molecule has 1 aliphatic heterocycles. The standard InChI is InChI=1S/C24H26BrN5O2/c1-16-15-19(7-10-21(16)25)26-24(31)30-13-11-29(12-14-30)20-8-5-17(6-9-20)22-27-23(32-28-22)18-3-2-4-18/h5-10,15,18H,2-4,11-14H2,1H3,(H,26,31). The van der Waals surface area contributed by atoms with Gasteiger partial charge in [-0.3, -0.25) is 0 Å². The van der Waals surface area contributed by atoms with Gasteiger partial charge in [0.1, 0.15) is 0 Å². The largest absolute Gasteiger partial charge is 0.368 e. The monoisotopic (exact) mass is 495 g/mol. The van der Waals surface area contributed by atoms with Gasteiger partial charge >= 0.3 is 6.03 Å². The molecule has 8 heteroatoms. The highest BCUT2D eigenvalue weighted by molar-refractivity contribution is 9.10. The summed E-state index contributed by atoms with van der Waals surface area (Å²) >= 11 is 3.49. The van der Waals surface area contributed by atoms with Crippen molar-refractivity contribution < 1.29 is 9.32 Å². The van der Waals surface area contributed by atoms with Crippen molar-refractivity contribution in [2.24, 2.45) is 0 Å². The summed E-state index contributed by atoms with van der Waals surface area (Å²) in [5, 5.41) is 7.15. The zero-order chi connectivity index (χ0) is 22.1. The number of rotatable bonds is 4. The molecule has 0 radical (unpaired) electrons. The zero-order valence-electron chi connectivity index (χ0n) is 18.1. The minimum atomic E-state index is -0.0545. The van der Waals surface area contributed by atoms with Crippen molar-refractivity contribution in [1.82, 2.24) is 15.0 Å². The molecule has 1 saturated carbocycles. The number of hydrogen-bond donors (Lipinski definition) is 1. The fourth-order valence-corrected chi connectivity index (χ4v) is 4.33. The van der Waals surface area contributed by atoms with E-state index >= 15 is 0 Å². The molecule has 2 heterocycles. The first-order chi connectivity index (χ1) is 15.6. The average molecular weight is 496 g/mol. The first-order valence-corrected chi connectivity index (χ1v) is 11.9. The maximum Gasteiger partial charge on any atom is 0.321 e. The lowest BCUT2D eigenvalue weighted by molar-refractivity contribution is 0.208. The van der Waals surface area contributed by atoms with E-state index in [-0.39, 0.29) is 6.03 Å². The van der Waals surface area contributed by atoms with Gasteiger partial charge in [0.25, 0.3) is 0 Å². The van der Waals surface area contributed by atoms with E-state index in [4.69, 9.17) is 4.52 Å². The van der Waals surface area contributed by atoms with Gasteiger partial charge in [0.05, 0.1) is 0 Å². The van der Waals surface area contributed by atoms with E-state index in [0.29, 0.717) is 24.8 Å². The van der Waals surface area contributed by atoms with Gasteiger partial charge in [0, 0.05) is 53.5 Å². The lowest BCUT2D eigenvalue weighted by Crippen LogP contribution is -2.50. The highest BCUT2D eigenvalue weighted by atomic mass is 79.9. The second-order valence-electron chi connectivity index (χ2n) is 8.50. The van der Waals surface area contributed by atoms with E-state index in [1.54, 1.807) is 0 Å². The van der Waals surface area contributed by atoms with Crippen molar-refractivity contribution in [3.05, 3.63) is 58.4 Å².